The number of aromatic nitrogens is 5. The first kappa shape index (κ1) is 23.6. The van der Waals surface area contributed by atoms with E-state index in [0.29, 0.717) is 30.8 Å². The van der Waals surface area contributed by atoms with Crippen molar-refractivity contribution in [3.8, 4) is 0 Å². The van der Waals surface area contributed by atoms with Crippen molar-refractivity contribution in [1.82, 2.24) is 25.1 Å². The van der Waals surface area contributed by atoms with Crippen molar-refractivity contribution in [1.29, 1.82) is 0 Å². The van der Waals surface area contributed by atoms with Crippen LogP contribution in [0.25, 0.3) is 0 Å². The van der Waals surface area contributed by atoms with E-state index in [-0.39, 0.29) is 15.8 Å². The van der Waals surface area contributed by atoms with Crippen molar-refractivity contribution in [3.63, 3.8) is 0 Å². The van der Waals surface area contributed by atoms with Crippen LogP contribution in [0.4, 0.5) is 17.3 Å². The molecule has 0 radical (unpaired) electrons. The first-order valence-electron chi connectivity index (χ1n) is 11.6. The van der Waals surface area contributed by atoms with E-state index >= 15 is 0 Å². The number of pyridine rings is 1. The molecule has 0 aliphatic heterocycles. The minimum Gasteiger partial charge on any atom is -0.324 e. The van der Waals surface area contributed by atoms with Crippen LogP contribution in [0.3, 0.4) is 0 Å². The van der Waals surface area contributed by atoms with Crippen LogP contribution in [0.1, 0.15) is 40.2 Å². The third kappa shape index (κ3) is 5.41. The fourth-order valence-electron chi connectivity index (χ4n) is 3.82. The Bertz CT molecular complexity index is 1500. The normalized spacial score (nSPS) is 13.4. The number of H-pyrrole nitrogens is 1. The molecule has 0 saturated heterocycles. The second-order valence-electron chi connectivity index (χ2n) is 8.71. The van der Waals surface area contributed by atoms with Crippen LogP contribution < -0.4 is 10.6 Å². The monoisotopic (exact) mass is 503 g/mol. The molecular formula is C25H25N7O3S. The largest absolute Gasteiger partial charge is 0.324 e. The summed E-state index contributed by atoms with van der Waals surface area (Å²) in [5, 5.41) is 12.9. The summed E-state index contributed by atoms with van der Waals surface area (Å²) < 4.78 is 25.0. The predicted molar refractivity (Wildman–Crippen MR) is 135 cm³/mol. The van der Waals surface area contributed by atoms with E-state index in [1.807, 2.05) is 31.2 Å². The molecular weight excluding hydrogens is 478 g/mol. The van der Waals surface area contributed by atoms with Crippen LogP contribution in [0.5, 0.6) is 0 Å². The number of aryl methyl sites for hydroxylation is 3. The van der Waals surface area contributed by atoms with Gasteiger partial charge in [0.05, 0.1) is 22.0 Å². The van der Waals surface area contributed by atoms with Crippen LogP contribution >= 0.6 is 0 Å². The molecule has 10 nitrogen and oxygen atoms in total. The number of nitrogens with one attached hydrogen (secondary N) is 3. The van der Waals surface area contributed by atoms with Crippen molar-refractivity contribution in [2.24, 2.45) is 0 Å². The minimum atomic E-state index is -3.40. The highest BCUT2D eigenvalue weighted by molar-refractivity contribution is 7.92. The number of nitrogens with zero attached hydrogens (tertiary/aromatic N) is 4. The fourth-order valence-corrected chi connectivity index (χ4v) is 5.48. The Morgan fingerprint density at radius 3 is 2.69 bits per heavy atom. The molecule has 3 heterocycles. The molecule has 1 saturated carbocycles. The van der Waals surface area contributed by atoms with E-state index in [4.69, 9.17) is 0 Å². The summed E-state index contributed by atoms with van der Waals surface area (Å²) in [6.07, 6.45) is 8.94. The van der Waals surface area contributed by atoms with Crippen molar-refractivity contribution in [3.05, 3.63) is 83.7 Å². The first-order chi connectivity index (χ1) is 17.4. The average Bonchev–Trinajstić information content (AvgIpc) is 3.66. The van der Waals surface area contributed by atoms with Gasteiger partial charge in [0, 0.05) is 30.3 Å². The number of amides is 1. The minimum absolute atomic E-state index is 0.0681. The SMILES string of the molecule is Cc1ccc(NC(=O)c2cc(S(=O)(=O)C3CC3)ccn2)cc1CCc1cc(Nc2cnccn2)[nH]n1. The molecule has 0 atom stereocenters. The number of hydrogen-bond donors (Lipinski definition) is 3. The van der Waals surface area contributed by atoms with Gasteiger partial charge in [0.2, 0.25) is 0 Å². The molecule has 1 fully saturated rings. The maximum Gasteiger partial charge on any atom is 0.274 e. The van der Waals surface area contributed by atoms with Crippen LogP contribution in [-0.4, -0.2) is 44.7 Å². The molecule has 3 N–H and O–H groups in total. The number of carbonyl (C=O) groups is 1. The van der Waals surface area contributed by atoms with Gasteiger partial charge in [0.15, 0.2) is 9.84 Å². The topological polar surface area (TPSA) is 143 Å². The van der Waals surface area contributed by atoms with E-state index < -0.39 is 15.7 Å². The molecule has 0 unspecified atom stereocenters. The van der Waals surface area contributed by atoms with Gasteiger partial charge in [-0.15, -0.1) is 0 Å². The maximum absolute atomic E-state index is 12.8. The van der Waals surface area contributed by atoms with Gasteiger partial charge in [-0.1, -0.05) is 6.07 Å². The van der Waals surface area contributed by atoms with Gasteiger partial charge in [-0.05, 0) is 68.0 Å². The van der Waals surface area contributed by atoms with E-state index in [1.54, 1.807) is 18.6 Å². The second-order valence-corrected chi connectivity index (χ2v) is 10.9. The molecule has 1 amide bonds. The standard InChI is InChI=1S/C25H25N7O3S/c1-16-2-4-18(29-25(33)22-14-21(8-9-27-22)36(34,35)20-6-7-20)12-17(16)3-5-19-13-23(32-31-19)30-24-15-26-10-11-28-24/h2,4,8-15,20H,3,5-7H2,1H3,(H,29,33)(H2,28,30,31,32). The summed E-state index contributed by atoms with van der Waals surface area (Å²) in [4.78, 5) is 25.2. The lowest BCUT2D eigenvalue weighted by molar-refractivity contribution is 0.102. The Kier molecular flexibility index (Phi) is 6.47. The lowest BCUT2D eigenvalue weighted by Gasteiger charge is -2.10. The molecule has 0 bridgehead atoms. The Morgan fingerprint density at radius 2 is 1.92 bits per heavy atom. The van der Waals surface area contributed by atoms with E-state index in [9.17, 15) is 13.2 Å². The predicted octanol–water partition coefficient (Wildman–Crippen LogP) is 3.62. The van der Waals surface area contributed by atoms with E-state index in [1.165, 1.54) is 18.3 Å². The highest BCUT2D eigenvalue weighted by atomic mass is 32.2. The number of rotatable bonds is 9. The van der Waals surface area contributed by atoms with Gasteiger partial charge < -0.3 is 10.6 Å². The fraction of sp³-hybridized carbons (Fsp3) is 0.240. The third-order valence-corrected chi connectivity index (χ3v) is 8.23. The summed E-state index contributed by atoms with van der Waals surface area (Å²) in [6.45, 7) is 2.01. The van der Waals surface area contributed by atoms with Crippen LogP contribution in [0.15, 0.2) is 66.1 Å². The maximum atomic E-state index is 12.8. The quantitative estimate of drug-likeness (QED) is 0.314. The van der Waals surface area contributed by atoms with Crippen molar-refractivity contribution >= 4 is 33.1 Å². The van der Waals surface area contributed by atoms with Crippen molar-refractivity contribution in [2.75, 3.05) is 10.6 Å². The number of benzene rings is 1. The van der Waals surface area contributed by atoms with Gasteiger partial charge >= 0.3 is 0 Å². The van der Waals surface area contributed by atoms with Crippen LogP contribution in [-0.2, 0) is 22.7 Å². The van der Waals surface area contributed by atoms with Crippen molar-refractivity contribution < 1.29 is 13.2 Å². The Hall–Kier alpha value is -4.12. The number of aromatic amines is 1. The molecule has 184 valence electrons. The Balaban J connectivity index is 1.23. The first-order valence-corrected chi connectivity index (χ1v) is 13.1. The average molecular weight is 504 g/mol. The molecule has 11 heteroatoms. The highest BCUT2D eigenvalue weighted by Crippen LogP contribution is 2.33. The molecule has 5 rings (SSSR count). The number of anilines is 3. The van der Waals surface area contributed by atoms with Gasteiger partial charge in [0.1, 0.15) is 17.3 Å². The van der Waals surface area contributed by atoms with E-state index in [0.717, 1.165) is 29.1 Å². The molecule has 1 aromatic carbocycles. The van der Waals surface area contributed by atoms with Gasteiger partial charge in [-0.25, -0.2) is 13.4 Å². The van der Waals surface area contributed by atoms with E-state index in [2.05, 4.69) is 35.8 Å². The zero-order valence-corrected chi connectivity index (χ0v) is 20.4. The summed E-state index contributed by atoms with van der Waals surface area (Å²) in [6, 6.07) is 10.4. The summed E-state index contributed by atoms with van der Waals surface area (Å²) >= 11 is 0. The Labute approximate surface area is 208 Å². The molecule has 1 aliphatic carbocycles. The van der Waals surface area contributed by atoms with Crippen LogP contribution in [0, 0.1) is 6.92 Å². The lowest BCUT2D eigenvalue weighted by atomic mass is 10.0. The molecule has 36 heavy (non-hydrogen) atoms. The number of sulfone groups is 1. The molecule has 1 aliphatic rings. The van der Waals surface area contributed by atoms with Gasteiger partial charge in [-0.2, -0.15) is 5.10 Å². The summed E-state index contributed by atoms with van der Waals surface area (Å²) in [5.74, 6) is 0.892. The smallest absolute Gasteiger partial charge is 0.274 e. The molecule has 0 spiro atoms. The molecule has 3 aromatic heterocycles. The third-order valence-electron chi connectivity index (χ3n) is 5.97. The number of carbonyl (C=O) groups excluding carboxylic acids is 1. The zero-order valence-electron chi connectivity index (χ0n) is 19.6. The van der Waals surface area contributed by atoms with Gasteiger partial charge in [0.25, 0.3) is 5.91 Å². The summed E-state index contributed by atoms with van der Waals surface area (Å²) in [7, 11) is -3.40. The van der Waals surface area contributed by atoms with Crippen molar-refractivity contribution in [2.45, 2.75) is 42.8 Å². The lowest BCUT2D eigenvalue weighted by Crippen LogP contribution is -2.16. The number of hydrogen-bond acceptors (Lipinski definition) is 8. The zero-order chi connectivity index (χ0) is 25.1. The Morgan fingerprint density at radius 1 is 1.06 bits per heavy atom. The second kappa shape index (κ2) is 9.86. The van der Waals surface area contributed by atoms with Gasteiger partial charge in [-0.3, -0.25) is 19.9 Å². The van der Waals surface area contributed by atoms with Crippen LogP contribution in [0.2, 0.25) is 0 Å². The summed E-state index contributed by atoms with van der Waals surface area (Å²) in [5.41, 5.74) is 3.73. The highest BCUT2D eigenvalue weighted by Gasteiger charge is 2.37. The molecule has 4 aromatic rings.